The minimum Gasteiger partial charge on any atom is -0.352 e. The molecule has 1 heterocycles. The van der Waals surface area contributed by atoms with E-state index in [0.29, 0.717) is 6.61 Å². The Morgan fingerprint density at radius 2 is 1.30 bits per heavy atom. The lowest BCUT2D eigenvalue weighted by Gasteiger charge is -2.22. The second kappa shape index (κ2) is 9.80. The summed E-state index contributed by atoms with van der Waals surface area (Å²) in [5, 5.41) is 8.80. The first-order valence-electron chi connectivity index (χ1n) is 11.4. The molecule has 0 fully saturated rings. The summed E-state index contributed by atoms with van der Waals surface area (Å²) in [6.45, 7) is 2.68. The summed E-state index contributed by atoms with van der Waals surface area (Å²) in [4.78, 5) is 0. The van der Waals surface area contributed by atoms with Crippen molar-refractivity contribution in [2.75, 3.05) is 6.61 Å². The van der Waals surface area contributed by atoms with Gasteiger partial charge in [0.1, 0.15) is 5.52 Å². The molecule has 1 aromatic heterocycles. The fourth-order valence-electron chi connectivity index (χ4n) is 4.29. The standard InChI is InChI=1S/C29H27N3O/c1-22-16-18-25(19-17-22)29(32-28-15-9-8-14-27(28)30-31-32)33-21-20-26(23-10-4-2-5-11-23)24-12-6-3-7-13-24/h2-19,26,29H,20-21H2,1H3. The van der Waals surface area contributed by atoms with Crippen molar-refractivity contribution in [3.05, 3.63) is 131 Å². The fraction of sp³-hybridized carbons (Fsp3) is 0.172. The summed E-state index contributed by atoms with van der Waals surface area (Å²) in [6.07, 6.45) is 0.522. The van der Waals surface area contributed by atoms with Crippen LogP contribution in [0, 0.1) is 6.92 Å². The Kier molecular flexibility index (Phi) is 6.27. The van der Waals surface area contributed by atoms with Gasteiger partial charge in [-0.3, -0.25) is 0 Å². The molecule has 0 aliphatic carbocycles. The van der Waals surface area contributed by atoms with Crippen LogP contribution in [0.4, 0.5) is 0 Å². The number of rotatable bonds is 8. The highest BCUT2D eigenvalue weighted by molar-refractivity contribution is 5.74. The Balaban J connectivity index is 1.43. The largest absolute Gasteiger partial charge is 0.352 e. The number of fused-ring (bicyclic) bond motifs is 1. The summed E-state index contributed by atoms with van der Waals surface area (Å²) in [5.74, 6) is 0.263. The van der Waals surface area contributed by atoms with Gasteiger partial charge in [-0.1, -0.05) is 108 Å². The normalized spacial score (nSPS) is 12.3. The number of benzene rings is 4. The Morgan fingerprint density at radius 1 is 0.697 bits per heavy atom. The molecule has 0 amide bonds. The summed E-state index contributed by atoms with van der Waals surface area (Å²) >= 11 is 0. The molecule has 0 saturated heterocycles. The number of aromatic nitrogens is 3. The highest BCUT2D eigenvalue weighted by Gasteiger charge is 2.20. The summed E-state index contributed by atoms with van der Waals surface area (Å²) in [7, 11) is 0. The van der Waals surface area contributed by atoms with Crippen molar-refractivity contribution < 1.29 is 4.74 Å². The van der Waals surface area contributed by atoms with Crippen molar-refractivity contribution in [2.45, 2.75) is 25.5 Å². The van der Waals surface area contributed by atoms with E-state index >= 15 is 0 Å². The van der Waals surface area contributed by atoms with Crippen LogP contribution in [-0.4, -0.2) is 21.6 Å². The molecule has 4 heteroatoms. The molecule has 1 unspecified atom stereocenters. The third kappa shape index (κ3) is 4.71. The molecule has 33 heavy (non-hydrogen) atoms. The van der Waals surface area contributed by atoms with Gasteiger partial charge in [0, 0.05) is 11.5 Å². The van der Waals surface area contributed by atoms with Crippen molar-refractivity contribution in [1.82, 2.24) is 15.0 Å². The quantitative estimate of drug-likeness (QED) is 0.279. The van der Waals surface area contributed by atoms with Crippen LogP contribution in [0.3, 0.4) is 0 Å². The van der Waals surface area contributed by atoms with Gasteiger partial charge in [0.2, 0.25) is 0 Å². The Bertz CT molecular complexity index is 1260. The van der Waals surface area contributed by atoms with Crippen LogP contribution in [0.25, 0.3) is 11.0 Å². The molecular formula is C29H27N3O. The molecule has 0 saturated carbocycles. The summed E-state index contributed by atoms with van der Waals surface area (Å²) in [5.41, 5.74) is 6.70. The van der Waals surface area contributed by atoms with Crippen LogP contribution >= 0.6 is 0 Å². The van der Waals surface area contributed by atoms with Gasteiger partial charge in [0.05, 0.1) is 12.1 Å². The lowest BCUT2D eigenvalue weighted by molar-refractivity contribution is 0.0226. The molecular weight excluding hydrogens is 406 g/mol. The van der Waals surface area contributed by atoms with Crippen molar-refractivity contribution >= 4 is 11.0 Å². The van der Waals surface area contributed by atoms with E-state index in [-0.39, 0.29) is 12.1 Å². The zero-order chi connectivity index (χ0) is 22.5. The van der Waals surface area contributed by atoms with Crippen LogP contribution < -0.4 is 0 Å². The predicted molar refractivity (Wildman–Crippen MR) is 132 cm³/mol. The minimum atomic E-state index is -0.342. The van der Waals surface area contributed by atoms with Gasteiger partial charge in [-0.25, -0.2) is 4.68 Å². The average molecular weight is 434 g/mol. The van der Waals surface area contributed by atoms with Crippen LogP contribution in [0.2, 0.25) is 0 Å². The van der Waals surface area contributed by atoms with Crippen molar-refractivity contribution in [1.29, 1.82) is 0 Å². The second-order valence-electron chi connectivity index (χ2n) is 8.32. The second-order valence-corrected chi connectivity index (χ2v) is 8.32. The molecule has 0 bridgehead atoms. The number of hydrogen-bond acceptors (Lipinski definition) is 3. The maximum atomic E-state index is 6.55. The first-order chi connectivity index (χ1) is 16.3. The monoisotopic (exact) mass is 433 g/mol. The van der Waals surface area contributed by atoms with Gasteiger partial charge in [0.25, 0.3) is 0 Å². The number of nitrogens with zero attached hydrogens (tertiary/aromatic N) is 3. The molecule has 4 nitrogen and oxygen atoms in total. The Labute approximate surface area is 194 Å². The smallest absolute Gasteiger partial charge is 0.178 e. The minimum absolute atomic E-state index is 0.263. The third-order valence-corrected chi connectivity index (χ3v) is 6.05. The molecule has 0 aliphatic heterocycles. The number of para-hydroxylation sites is 1. The topological polar surface area (TPSA) is 39.9 Å². The first-order valence-corrected chi connectivity index (χ1v) is 11.4. The SMILES string of the molecule is Cc1ccc(C(OCCC(c2ccccc2)c2ccccc2)n2nnc3ccccc32)cc1. The molecule has 0 aliphatic rings. The highest BCUT2D eigenvalue weighted by Crippen LogP contribution is 2.30. The lowest BCUT2D eigenvalue weighted by Crippen LogP contribution is -2.18. The van der Waals surface area contributed by atoms with Gasteiger partial charge >= 0.3 is 0 Å². The van der Waals surface area contributed by atoms with Crippen LogP contribution in [-0.2, 0) is 4.74 Å². The van der Waals surface area contributed by atoms with E-state index in [1.165, 1.54) is 16.7 Å². The van der Waals surface area contributed by atoms with E-state index in [1.807, 2.05) is 28.9 Å². The zero-order valence-corrected chi connectivity index (χ0v) is 18.7. The van der Waals surface area contributed by atoms with Crippen LogP contribution in [0.5, 0.6) is 0 Å². The van der Waals surface area contributed by atoms with Crippen molar-refractivity contribution in [2.24, 2.45) is 0 Å². The molecule has 0 radical (unpaired) electrons. The van der Waals surface area contributed by atoms with Gasteiger partial charge in [0.15, 0.2) is 6.23 Å². The highest BCUT2D eigenvalue weighted by atomic mass is 16.5. The number of hydrogen-bond donors (Lipinski definition) is 0. The van der Waals surface area contributed by atoms with Gasteiger partial charge < -0.3 is 4.74 Å². The van der Waals surface area contributed by atoms with E-state index in [0.717, 1.165) is 23.0 Å². The van der Waals surface area contributed by atoms with E-state index in [2.05, 4.69) is 102 Å². The van der Waals surface area contributed by atoms with E-state index in [4.69, 9.17) is 4.74 Å². The third-order valence-electron chi connectivity index (χ3n) is 6.05. The Morgan fingerprint density at radius 3 is 1.97 bits per heavy atom. The average Bonchev–Trinajstić information content (AvgIpc) is 3.30. The molecule has 1 atom stereocenters. The molecule has 164 valence electrons. The summed E-state index contributed by atoms with van der Waals surface area (Å²) in [6, 6.07) is 37.8. The van der Waals surface area contributed by atoms with Crippen molar-refractivity contribution in [3.8, 4) is 0 Å². The fourth-order valence-corrected chi connectivity index (χ4v) is 4.29. The van der Waals surface area contributed by atoms with E-state index < -0.39 is 0 Å². The van der Waals surface area contributed by atoms with Crippen molar-refractivity contribution in [3.63, 3.8) is 0 Å². The van der Waals surface area contributed by atoms with E-state index in [9.17, 15) is 0 Å². The van der Waals surface area contributed by atoms with Crippen LogP contribution in [0.15, 0.2) is 109 Å². The molecule has 0 spiro atoms. The number of aryl methyl sites for hydroxylation is 1. The van der Waals surface area contributed by atoms with E-state index in [1.54, 1.807) is 0 Å². The Hall–Kier alpha value is -3.76. The van der Waals surface area contributed by atoms with Crippen LogP contribution in [0.1, 0.15) is 40.8 Å². The number of ether oxygens (including phenoxy) is 1. The molecule has 5 rings (SSSR count). The maximum absolute atomic E-state index is 6.55. The zero-order valence-electron chi connectivity index (χ0n) is 18.7. The molecule has 4 aromatic carbocycles. The first kappa shape index (κ1) is 21.1. The van der Waals surface area contributed by atoms with Gasteiger partial charge in [-0.05, 0) is 36.6 Å². The van der Waals surface area contributed by atoms with Gasteiger partial charge in [-0.15, -0.1) is 5.10 Å². The predicted octanol–water partition coefficient (Wildman–Crippen LogP) is 6.53. The summed E-state index contributed by atoms with van der Waals surface area (Å²) < 4.78 is 8.44. The molecule has 5 aromatic rings. The lowest BCUT2D eigenvalue weighted by atomic mass is 9.89. The maximum Gasteiger partial charge on any atom is 0.178 e. The molecule has 0 N–H and O–H groups in total. The van der Waals surface area contributed by atoms with Gasteiger partial charge in [-0.2, -0.15) is 0 Å².